The smallest absolute Gasteiger partial charge is 0.379 e. The number of nitrogens with one attached hydrogen (secondary N) is 2. The number of nitrogens with zero attached hydrogens (tertiary/aromatic N) is 1. The molecule has 0 radical (unpaired) electrons. The first-order valence-electron chi connectivity index (χ1n) is 6.57. The number of ketones is 1. The van der Waals surface area contributed by atoms with Gasteiger partial charge in [0.15, 0.2) is 0 Å². The number of pyridine rings is 1. The Labute approximate surface area is 139 Å². The molecular weight excluding hydrogens is 379 g/mol. The largest absolute Gasteiger partial charge is 0.454 e. The van der Waals surface area contributed by atoms with Crippen molar-refractivity contribution < 1.29 is 22.8 Å². The zero-order valence-corrected chi connectivity index (χ0v) is 13.9. The molecule has 9 heteroatoms. The molecule has 1 atom stereocenters. The molecule has 1 aromatic rings. The average molecular weight is 394 g/mol. The molecule has 0 bridgehead atoms. The summed E-state index contributed by atoms with van der Waals surface area (Å²) in [6, 6.07) is 2.43. The van der Waals surface area contributed by atoms with Crippen molar-refractivity contribution in [3.05, 3.63) is 35.1 Å². The number of carbonyl (C=O) groups is 2. The number of hydrogen-bond donors (Lipinski definition) is 2. The molecule has 0 saturated heterocycles. The molecule has 23 heavy (non-hydrogen) atoms. The van der Waals surface area contributed by atoms with Gasteiger partial charge >= 0.3 is 6.18 Å². The van der Waals surface area contributed by atoms with E-state index in [1.165, 1.54) is 6.20 Å². The summed E-state index contributed by atoms with van der Waals surface area (Å²) in [6.45, 7) is 3.43. The number of rotatable bonds is 6. The second-order valence-electron chi connectivity index (χ2n) is 4.93. The fraction of sp³-hybridized carbons (Fsp3) is 0.357. The quantitative estimate of drug-likeness (QED) is 0.728. The third kappa shape index (κ3) is 6.39. The van der Waals surface area contributed by atoms with Gasteiger partial charge in [-0.05, 0) is 34.0 Å². The van der Waals surface area contributed by atoms with Crippen LogP contribution in [0.25, 0.3) is 0 Å². The lowest BCUT2D eigenvalue weighted by molar-refractivity contribution is -0.165. The summed E-state index contributed by atoms with van der Waals surface area (Å²) in [5.74, 6) is -2.39. The van der Waals surface area contributed by atoms with Gasteiger partial charge in [-0.1, -0.05) is 13.8 Å². The van der Waals surface area contributed by atoms with Crippen molar-refractivity contribution in [2.45, 2.75) is 26.1 Å². The first kappa shape index (κ1) is 19.1. The lowest BCUT2D eigenvalue weighted by Crippen LogP contribution is -2.42. The predicted octanol–water partition coefficient (Wildman–Crippen LogP) is 3.04. The summed E-state index contributed by atoms with van der Waals surface area (Å²) in [7, 11) is 0. The van der Waals surface area contributed by atoms with E-state index in [4.69, 9.17) is 0 Å². The summed E-state index contributed by atoms with van der Waals surface area (Å²) < 4.78 is 37.0. The maximum Gasteiger partial charge on any atom is 0.454 e. The Morgan fingerprint density at radius 1 is 1.30 bits per heavy atom. The van der Waals surface area contributed by atoms with Crippen LogP contribution in [0.4, 0.5) is 19.0 Å². The number of allylic oxidation sites excluding steroid dienone is 1. The molecule has 1 unspecified atom stereocenters. The Kier molecular flexibility index (Phi) is 6.74. The van der Waals surface area contributed by atoms with Crippen LogP contribution < -0.4 is 10.6 Å². The van der Waals surface area contributed by atoms with Crippen molar-refractivity contribution in [1.29, 1.82) is 0 Å². The van der Waals surface area contributed by atoms with E-state index in [9.17, 15) is 22.8 Å². The van der Waals surface area contributed by atoms with Crippen molar-refractivity contribution >= 4 is 33.4 Å². The van der Waals surface area contributed by atoms with Gasteiger partial charge < -0.3 is 10.6 Å². The number of hydrogen-bond acceptors (Lipinski definition) is 4. The SMILES string of the molecule is CC(C)C(N/C=C/C(=O)C(F)(F)F)C(=O)Nc1ccc(Br)cn1. The molecule has 2 N–H and O–H groups in total. The molecule has 0 aromatic carbocycles. The van der Waals surface area contributed by atoms with Crippen molar-refractivity contribution in [2.75, 3.05) is 5.32 Å². The summed E-state index contributed by atoms with van der Waals surface area (Å²) in [5.41, 5.74) is 0. The van der Waals surface area contributed by atoms with E-state index in [1.54, 1.807) is 26.0 Å². The summed E-state index contributed by atoms with van der Waals surface area (Å²) in [4.78, 5) is 26.9. The molecule has 0 aliphatic carbocycles. The van der Waals surface area contributed by atoms with Crippen LogP contribution in [0.5, 0.6) is 0 Å². The highest BCUT2D eigenvalue weighted by atomic mass is 79.9. The molecular formula is C14H15BrF3N3O2. The van der Waals surface area contributed by atoms with E-state index in [1.807, 2.05) is 0 Å². The fourth-order valence-electron chi connectivity index (χ4n) is 1.55. The molecule has 0 saturated carbocycles. The van der Waals surface area contributed by atoms with Crippen molar-refractivity contribution in [1.82, 2.24) is 10.3 Å². The highest BCUT2D eigenvalue weighted by Crippen LogP contribution is 2.16. The zero-order valence-electron chi connectivity index (χ0n) is 12.3. The van der Waals surface area contributed by atoms with Crippen LogP contribution >= 0.6 is 15.9 Å². The van der Waals surface area contributed by atoms with E-state index in [2.05, 4.69) is 31.5 Å². The normalized spacial score (nSPS) is 13.2. The second kappa shape index (κ2) is 8.09. The van der Waals surface area contributed by atoms with E-state index in [0.717, 1.165) is 10.7 Å². The maximum atomic E-state index is 12.1. The Hall–Kier alpha value is -1.90. The number of halogens is 4. The minimum Gasteiger partial charge on any atom is -0.379 e. The van der Waals surface area contributed by atoms with E-state index in [-0.39, 0.29) is 5.92 Å². The van der Waals surface area contributed by atoms with Crippen molar-refractivity contribution in [3.63, 3.8) is 0 Å². The molecule has 1 aromatic heterocycles. The van der Waals surface area contributed by atoms with E-state index >= 15 is 0 Å². The Balaban J connectivity index is 2.70. The van der Waals surface area contributed by atoms with Crippen LogP contribution in [0.15, 0.2) is 35.1 Å². The van der Waals surface area contributed by atoms with Gasteiger partial charge in [-0.25, -0.2) is 4.98 Å². The Bertz CT molecular complexity index is 586. The molecule has 1 rings (SSSR count). The minimum absolute atomic E-state index is 0.226. The first-order valence-corrected chi connectivity index (χ1v) is 7.36. The van der Waals surface area contributed by atoms with Crippen LogP contribution in [0, 0.1) is 5.92 Å². The van der Waals surface area contributed by atoms with Gasteiger partial charge in [-0.15, -0.1) is 0 Å². The number of aromatic nitrogens is 1. The zero-order chi connectivity index (χ0) is 17.6. The molecule has 0 aliphatic rings. The second-order valence-corrected chi connectivity index (χ2v) is 5.85. The maximum absolute atomic E-state index is 12.1. The molecule has 1 heterocycles. The van der Waals surface area contributed by atoms with Gasteiger partial charge in [0.2, 0.25) is 5.91 Å². The van der Waals surface area contributed by atoms with E-state index < -0.39 is 23.9 Å². The number of amides is 1. The van der Waals surface area contributed by atoms with E-state index in [0.29, 0.717) is 11.9 Å². The first-order chi connectivity index (χ1) is 10.6. The number of carbonyl (C=O) groups excluding carboxylic acids is 2. The van der Waals surface area contributed by atoms with Crippen LogP contribution in [-0.4, -0.2) is 28.9 Å². The highest BCUT2D eigenvalue weighted by Gasteiger charge is 2.36. The van der Waals surface area contributed by atoms with Crippen LogP contribution in [0.3, 0.4) is 0 Å². The highest BCUT2D eigenvalue weighted by molar-refractivity contribution is 9.10. The predicted molar refractivity (Wildman–Crippen MR) is 82.5 cm³/mol. The lowest BCUT2D eigenvalue weighted by Gasteiger charge is -2.20. The van der Waals surface area contributed by atoms with Gasteiger partial charge in [0, 0.05) is 22.9 Å². The summed E-state index contributed by atoms with van der Waals surface area (Å²) in [5, 5.41) is 5.05. The standard InChI is InChI=1S/C14H15BrF3N3O2/c1-8(2)12(19-6-5-10(22)14(16,17)18)13(23)21-11-4-3-9(15)7-20-11/h3-8,12,19H,1-2H3,(H,20,21,23)/b6-5+. The number of anilines is 1. The minimum atomic E-state index is -4.94. The Morgan fingerprint density at radius 3 is 2.43 bits per heavy atom. The number of alkyl halides is 3. The van der Waals surface area contributed by atoms with Crippen molar-refractivity contribution in [3.8, 4) is 0 Å². The van der Waals surface area contributed by atoms with Gasteiger partial charge in [0.25, 0.3) is 5.78 Å². The fourth-order valence-corrected chi connectivity index (χ4v) is 1.78. The monoisotopic (exact) mass is 393 g/mol. The molecule has 1 amide bonds. The third-order valence-corrected chi connectivity index (χ3v) is 3.19. The van der Waals surface area contributed by atoms with Crippen LogP contribution in [0.2, 0.25) is 0 Å². The molecule has 0 spiro atoms. The summed E-state index contributed by atoms with van der Waals surface area (Å²) >= 11 is 3.21. The third-order valence-electron chi connectivity index (χ3n) is 2.72. The van der Waals surface area contributed by atoms with Crippen LogP contribution in [0.1, 0.15) is 13.8 Å². The molecule has 0 aliphatic heterocycles. The average Bonchev–Trinajstić information content (AvgIpc) is 2.44. The Morgan fingerprint density at radius 2 is 1.96 bits per heavy atom. The van der Waals surface area contributed by atoms with Crippen LogP contribution in [-0.2, 0) is 9.59 Å². The van der Waals surface area contributed by atoms with Gasteiger partial charge in [0.05, 0.1) is 0 Å². The summed E-state index contributed by atoms with van der Waals surface area (Å²) in [6.07, 6.45) is -2.26. The molecule has 126 valence electrons. The van der Waals surface area contributed by atoms with Gasteiger partial charge in [-0.2, -0.15) is 13.2 Å². The molecule has 5 nitrogen and oxygen atoms in total. The van der Waals surface area contributed by atoms with Crippen molar-refractivity contribution in [2.24, 2.45) is 5.92 Å². The van der Waals surface area contributed by atoms with Gasteiger partial charge in [-0.3, -0.25) is 9.59 Å². The topological polar surface area (TPSA) is 71.1 Å². The molecule has 0 fully saturated rings. The van der Waals surface area contributed by atoms with Gasteiger partial charge in [0.1, 0.15) is 11.9 Å². The lowest BCUT2D eigenvalue weighted by atomic mass is 10.0.